The zero-order valence-electron chi connectivity index (χ0n) is 7.09. The van der Waals surface area contributed by atoms with Crippen LogP contribution in [-0.4, -0.2) is 16.8 Å². The van der Waals surface area contributed by atoms with Crippen molar-refractivity contribution in [2.45, 2.75) is 12.5 Å². The van der Waals surface area contributed by atoms with Crippen molar-refractivity contribution in [2.24, 2.45) is 0 Å². The minimum absolute atomic E-state index is 0.353. The summed E-state index contributed by atoms with van der Waals surface area (Å²) in [4.78, 5) is 0. The van der Waals surface area contributed by atoms with Crippen molar-refractivity contribution in [3.05, 3.63) is 33.8 Å². The largest absolute Gasteiger partial charge is 0.393 e. The molecule has 0 radical (unpaired) electrons. The highest BCUT2D eigenvalue weighted by Crippen LogP contribution is 2.33. The number of hydrogen-bond donors (Lipinski definition) is 2. The summed E-state index contributed by atoms with van der Waals surface area (Å²) in [5, 5.41) is 19.4. The predicted octanol–water partition coefficient (Wildman–Crippen LogP) is 2.19. The standard InChI is InChI=1S/C9H10Cl2O2/c1-9(13,5-12)8-6(10)3-2-4-7(8)11/h2-4,12-13H,5H2,1H3. The molecule has 0 heterocycles. The van der Waals surface area contributed by atoms with Crippen LogP contribution >= 0.6 is 23.2 Å². The Kier molecular flexibility index (Phi) is 3.19. The molecule has 0 fully saturated rings. The van der Waals surface area contributed by atoms with E-state index in [4.69, 9.17) is 28.3 Å². The molecule has 0 aliphatic rings. The van der Waals surface area contributed by atoms with E-state index in [2.05, 4.69) is 0 Å². The van der Waals surface area contributed by atoms with E-state index in [1.165, 1.54) is 6.92 Å². The van der Waals surface area contributed by atoms with Gasteiger partial charge in [0.1, 0.15) is 5.60 Å². The number of rotatable bonds is 2. The molecule has 72 valence electrons. The SMILES string of the molecule is CC(O)(CO)c1c(Cl)cccc1Cl. The molecule has 0 saturated heterocycles. The molecular weight excluding hydrogens is 211 g/mol. The molecule has 0 bridgehead atoms. The quantitative estimate of drug-likeness (QED) is 0.803. The average molecular weight is 221 g/mol. The molecule has 1 aromatic rings. The fourth-order valence-electron chi connectivity index (χ4n) is 1.09. The lowest BCUT2D eigenvalue weighted by Crippen LogP contribution is -2.26. The lowest BCUT2D eigenvalue weighted by Gasteiger charge is -2.23. The Morgan fingerprint density at radius 1 is 1.31 bits per heavy atom. The molecule has 1 aromatic carbocycles. The molecule has 0 aliphatic carbocycles. The Labute approximate surface area is 86.7 Å². The minimum atomic E-state index is -1.39. The van der Waals surface area contributed by atoms with Crippen molar-refractivity contribution in [1.82, 2.24) is 0 Å². The summed E-state index contributed by atoms with van der Waals surface area (Å²) in [7, 11) is 0. The molecule has 1 rings (SSSR count). The van der Waals surface area contributed by atoms with Crippen LogP contribution in [-0.2, 0) is 5.60 Å². The molecule has 0 amide bonds. The summed E-state index contributed by atoms with van der Waals surface area (Å²) < 4.78 is 0. The van der Waals surface area contributed by atoms with Gasteiger partial charge in [-0.25, -0.2) is 0 Å². The number of halogens is 2. The Bertz CT molecular complexity index is 290. The molecule has 2 nitrogen and oxygen atoms in total. The average Bonchev–Trinajstić information content (AvgIpc) is 2.03. The Balaban J connectivity index is 3.28. The fourth-order valence-corrected chi connectivity index (χ4v) is 1.90. The van der Waals surface area contributed by atoms with Crippen molar-refractivity contribution >= 4 is 23.2 Å². The van der Waals surface area contributed by atoms with E-state index in [-0.39, 0.29) is 0 Å². The van der Waals surface area contributed by atoms with Gasteiger partial charge in [-0.3, -0.25) is 0 Å². The van der Waals surface area contributed by atoms with Crippen molar-refractivity contribution in [3.63, 3.8) is 0 Å². The van der Waals surface area contributed by atoms with Gasteiger partial charge < -0.3 is 10.2 Å². The highest BCUT2D eigenvalue weighted by atomic mass is 35.5. The maximum atomic E-state index is 9.74. The van der Waals surface area contributed by atoms with E-state index < -0.39 is 12.2 Å². The van der Waals surface area contributed by atoms with E-state index in [1.54, 1.807) is 18.2 Å². The van der Waals surface area contributed by atoms with Crippen LogP contribution < -0.4 is 0 Å². The Hall–Kier alpha value is -0.280. The summed E-state index contributed by atoms with van der Waals surface area (Å²) in [5.41, 5.74) is -1.03. The summed E-state index contributed by atoms with van der Waals surface area (Å²) in [6, 6.07) is 4.92. The Morgan fingerprint density at radius 3 is 2.15 bits per heavy atom. The monoisotopic (exact) mass is 220 g/mol. The molecule has 0 saturated carbocycles. The molecule has 4 heteroatoms. The summed E-state index contributed by atoms with van der Waals surface area (Å²) in [6.07, 6.45) is 0. The first-order valence-electron chi connectivity index (χ1n) is 3.77. The third kappa shape index (κ3) is 2.15. The first-order valence-corrected chi connectivity index (χ1v) is 4.52. The molecule has 1 atom stereocenters. The zero-order valence-corrected chi connectivity index (χ0v) is 8.60. The van der Waals surface area contributed by atoms with E-state index in [0.29, 0.717) is 15.6 Å². The molecule has 0 aliphatic heterocycles. The van der Waals surface area contributed by atoms with Crippen LogP contribution in [0.25, 0.3) is 0 Å². The first kappa shape index (κ1) is 10.8. The summed E-state index contributed by atoms with van der Waals surface area (Å²) in [6.45, 7) is 1.04. The summed E-state index contributed by atoms with van der Waals surface area (Å²) in [5.74, 6) is 0. The van der Waals surface area contributed by atoms with Crippen LogP contribution in [0.2, 0.25) is 10.0 Å². The number of aliphatic hydroxyl groups is 2. The maximum absolute atomic E-state index is 9.74. The van der Waals surface area contributed by atoms with Gasteiger partial charge >= 0.3 is 0 Å². The van der Waals surface area contributed by atoms with Gasteiger partial charge in [-0.05, 0) is 19.1 Å². The lowest BCUT2D eigenvalue weighted by atomic mass is 9.97. The number of aliphatic hydroxyl groups excluding tert-OH is 1. The van der Waals surface area contributed by atoms with Gasteiger partial charge in [-0.15, -0.1) is 0 Å². The van der Waals surface area contributed by atoms with Gasteiger partial charge in [0.25, 0.3) is 0 Å². The second kappa shape index (κ2) is 3.84. The topological polar surface area (TPSA) is 40.5 Å². The minimum Gasteiger partial charge on any atom is -0.393 e. The smallest absolute Gasteiger partial charge is 0.113 e. The van der Waals surface area contributed by atoms with E-state index >= 15 is 0 Å². The molecular formula is C9H10Cl2O2. The van der Waals surface area contributed by atoms with Crippen molar-refractivity contribution in [2.75, 3.05) is 6.61 Å². The highest BCUT2D eigenvalue weighted by Gasteiger charge is 2.27. The van der Waals surface area contributed by atoms with Crippen LogP contribution in [0.15, 0.2) is 18.2 Å². The molecule has 1 unspecified atom stereocenters. The third-order valence-electron chi connectivity index (χ3n) is 1.81. The first-order chi connectivity index (χ1) is 5.99. The van der Waals surface area contributed by atoms with Gasteiger partial charge in [0.05, 0.1) is 6.61 Å². The van der Waals surface area contributed by atoms with E-state index in [1.807, 2.05) is 0 Å². The van der Waals surface area contributed by atoms with Gasteiger partial charge in [-0.2, -0.15) is 0 Å². The van der Waals surface area contributed by atoms with Crippen molar-refractivity contribution < 1.29 is 10.2 Å². The molecule has 2 N–H and O–H groups in total. The lowest BCUT2D eigenvalue weighted by molar-refractivity contribution is -0.00210. The maximum Gasteiger partial charge on any atom is 0.113 e. The van der Waals surface area contributed by atoms with Crippen LogP contribution in [0.4, 0.5) is 0 Å². The van der Waals surface area contributed by atoms with Crippen LogP contribution in [0.3, 0.4) is 0 Å². The van der Waals surface area contributed by atoms with Gasteiger partial charge in [-0.1, -0.05) is 29.3 Å². The van der Waals surface area contributed by atoms with Crippen molar-refractivity contribution in [3.8, 4) is 0 Å². The van der Waals surface area contributed by atoms with Crippen LogP contribution in [0, 0.1) is 0 Å². The second-order valence-corrected chi connectivity index (χ2v) is 3.84. The fraction of sp³-hybridized carbons (Fsp3) is 0.333. The van der Waals surface area contributed by atoms with E-state index in [9.17, 15) is 5.11 Å². The van der Waals surface area contributed by atoms with Gasteiger partial charge in [0, 0.05) is 15.6 Å². The molecule has 13 heavy (non-hydrogen) atoms. The number of benzene rings is 1. The van der Waals surface area contributed by atoms with Crippen molar-refractivity contribution in [1.29, 1.82) is 0 Å². The number of hydrogen-bond acceptors (Lipinski definition) is 2. The van der Waals surface area contributed by atoms with Gasteiger partial charge in [0.2, 0.25) is 0 Å². The second-order valence-electron chi connectivity index (χ2n) is 3.03. The van der Waals surface area contributed by atoms with Crippen LogP contribution in [0.5, 0.6) is 0 Å². The normalized spacial score (nSPS) is 15.5. The predicted molar refractivity (Wildman–Crippen MR) is 53.1 cm³/mol. The third-order valence-corrected chi connectivity index (χ3v) is 2.44. The summed E-state index contributed by atoms with van der Waals surface area (Å²) >= 11 is 11.7. The van der Waals surface area contributed by atoms with Gasteiger partial charge in [0.15, 0.2) is 0 Å². The highest BCUT2D eigenvalue weighted by molar-refractivity contribution is 6.36. The zero-order chi connectivity index (χ0) is 10.1. The Morgan fingerprint density at radius 2 is 1.77 bits per heavy atom. The van der Waals surface area contributed by atoms with Crippen LogP contribution in [0.1, 0.15) is 12.5 Å². The molecule has 0 spiro atoms. The molecule has 0 aromatic heterocycles. The van der Waals surface area contributed by atoms with E-state index in [0.717, 1.165) is 0 Å².